The highest BCUT2D eigenvalue weighted by Crippen LogP contribution is 2.15. The molecule has 0 atom stereocenters. The van der Waals surface area contributed by atoms with E-state index in [1.54, 1.807) is 11.3 Å². The van der Waals surface area contributed by atoms with E-state index >= 15 is 0 Å². The van der Waals surface area contributed by atoms with Crippen LogP contribution in [-0.4, -0.2) is 14.6 Å². The number of aryl methyl sites for hydroxylation is 1. The number of hydrogen-bond donors (Lipinski definition) is 0. The Hall–Kier alpha value is -1.53. The van der Waals surface area contributed by atoms with Crippen molar-refractivity contribution in [1.29, 1.82) is 0 Å². The van der Waals surface area contributed by atoms with E-state index in [0.717, 1.165) is 4.88 Å². The zero-order chi connectivity index (χ0) is 11.1. The van der Waals surface area contributed by atoms with E-state index in [1.165, 1.54) is 27.1 Å². The Morgan fingerprint density at radius 2 is 2.25 bits per heavy atom. The highest BCUT2D eigenvalue weighted by molar-refractivity contribution is 7.15. The predicted molar refractivity (Wildman–Crippen MR) is 65.0 cm³/mol. The summed E-state index contributed by atoms with van der Waals surface area (Å²) in [6.45, 7) is 2.04. The minimum absolute atomic E-state index is 0.0939. The summed E-state index contributed by atoms with van der Waals surface area (Å²) in [5, 5.41) is 3.87. The summed E-state index contributed by atoms with van der Waals surface area (Å²) < 4.78 is 2.01. The summed E-state index contributed by atoms with van der Waals surface area (Å²) in [4.78, 5) is 18.8. The first-order valence-corrected chi connectivity index (χ1v) is 6.28. The maximum absolute atomic E-state index is 11.8. The van der Waals surface area contributed by atoms with E-state index in [1.807, 2.05) is 25.1 Å². The van der Waals surface area contributed by atoms with Gasteiger partial charge in [0.2, 0.25) is 4.96 Å². The molecule has 0 spiro atoms. The lowest BCUT2D eigenvalue weighted by molar-refractivity contribution is 0.932. The Bertz CT molecular complexity index is 753. The number of thiophene rings is 1. The molecule has 0 aromatic carbocycles. The zero-order valence-corrected chi connectivity index (χ0v) is 10.0. The molecule has 3 heterocycles. The summed E-state index contributed by atoms with van der Waals surface area (Å²) in [5.74, 6) is 0. The van der Waals surface area contributed by atoms with E-state index in [2.05, 4.69) is 10.1 Å². The number of aromatic nitrogens is 3. The van der Waals surface area contributed by atoms with Crippen molar-refractivity contribution in [2.24, 2.45) is 0 Å². The maximum Gasteiger partial charge on any atom is 0.291 e. The van der Waals surface area contributed by atoms with Gasteiger partial charge in [0.1, 0.15) is 6.33 Å². The van der Waals surface area contributed by atoms with Gasteiger partial charge in [-0.25, -0.2) is 4.98 Å². The van der Waals surface area contributed by atoms with E-state index < -0.39 is 0 Å². The van der Waals surface area contributed by atoms with Crippen molar-refractivity contribution in [3.05, 3.63) is 43.1 Å². The van der Waals surface area contributed by atoms with Gasteiger partial charge in [0.15, 0.2) is 0 Å². The molecule has 16 heavy (non-hydrogen) atoms. The van der Waals surface area contributed by atoms with Crippen LogP contribution in [0.2, 0.25) is 0 Å². The van der Waals surface area contributed by atoms with Crippen molar-refractivity contribution in [2.45, 2.75) is 6.92 Å². The van der Waals surface area contributed by atoms with Gasteiger partial charge in [-0.3, -0.25) is 4.79 Å². The molecule has 3 aromatic rings. The summed E-state index contributed by atoms with van der Waals surface area (Å²) in [7, 11) is 0. The Kier molecular flexibility index (Phi) is 2.12. The molecule has 0 N–H and O–H groups in total. The van der Waals surface area contributed by atoms with Gasteiger partial charge in [-0.2, -0.15) is 9.61 Å². The van der Waals surface area contributed by atoms with Crippen LogP contribution in [0.15, 0.2) is 23.3 Å². The fourth-order valence-electron chi connectivity index (χ4n) is 1.44. The van der Waals surface area contributed by atoms with Gasteiger partial charge in [0.25, 0.3) is 5.56 Å². The molecule has 3 rings (SSSR count). The molecule has 4 nitrogen and oxygen atoms in total. The fourth-order valence-corrected chi connectivity index (χ4v) is 3.21. The van der Waals surface area contributed by atoms with Crippen molar-refractivity contribution < 1.29 is 0 Å². The normalized spacial score (nSPS) is 12.7. The molecule has 3 aromatic heterocycles. The maximum atomic E-state index is 11.8. The Labute approximate surface area is 98.5 Å². The first-order chi connectivity index (χ1) is 7.74. The van der Waals surface area contributed by atoms with Gasteiger partial charge in [-0.05, 0) is 25.1 Å². The Morgan fingerprint density at radius 3 is 2.94 bits per heavy atom. The highest BCUT2D eigenvalue weighted by Gasteiger charge is 2.05. The van der Waals surface area contributed by atoms with Crippen LogP contribution in [-0.2, 0) is 0 Å². The predicted octanol–water partition coefficient (Wildman–Crippen LogP) is 1.07. The molecular weight excluding hydrogens is 242 g/mol. The van der Waals surface area contributed by atoms with Crippen LogP contribution in [0.1, 0.15) is 9.75 Å². The average molecular weight is 249 g/mol. The monoisotopic (exact) mass is 249 g/mol. The second-order valence-electron chi connectivity index (χ2n) is 3.32. The average Bonchev–Trinajstić information content (AvgIpc) is 2.90. The number of thiazole rings is 1. The SMILES string of the molecule is Cc1ccc(/C=c2\sc3ncnn3c2=O)s1. The quantitative estimate of drug-likeness (QED) is 0.648. The fraction of sp³-hybridized carbons (Fsp3) is 0.100. The molecular formula is C10H7N3OS2. The second-order valence-corrected chi connectivity index (χ2v) is 5.65. The van der Waals surface area contributed by atoms with Gasteiger partial charge < -0.3 is 0 Å². The summed E-state index contributed by atoms with van der Waals surface area (Å²) in [5.41, 5.74) is -0.0939. The van der Waals surface area contributed by atoms with Gasteiger partial charge >= 0.3 is 0 Å². The van der Waals surface area contributed by atoms with Crippen LogP contribution in [0, 0.1) is 6.92 Å². The number of nitrogens with zero attached hydrogens (tertiary/aromatic N) is 3. The van der Waals surface area contributed by atoms with Gasteiger partial charge in [-0.1, -0.05) is 11.3 Å². The Balaban J connectivity index is 2.26. The first kappa shape index (κ1) is 9.68. The molecule has 0 aliphatic rings. The van der Waals surface area contributed by atoms with Gasteiger partial charge in [0, 0.05) is 9.75 Å². The van der Waals surface area contributed by atoms with Crippen LogP contribution in [0.3, 0.4) is 0 Å². The van der Waals surface area contributed by atoms with E-state index in [9.17, 15) is 4.79 Å². The van der Waals surface area contributed by atoms with Crippen LogP contribution in [0.25, 0.3) is 11.0 Å². The zero-order valence-electron chi connectivity index (χ0n) is 8.38. The highest BCUT2D eigenvalue weighted by atomic mass is 32.1. The molecule has 80 valence electrons. The van der Waals surface area contributed by atoms with E-state index in [0.29, 0.717) is 9.49 Å². The molecule has 0 radical (unpaired) electrons. The molecule has 0 saturated carbocycles. The number of rotatable bonds is 1. The molecule has 0 aliphatic heterocycles. The lowest BCUT2D eigenvalue weighted by Gasteiger charge is -1.79. The van der Waals surface area contributed by atoms with Gasteiger partial charge in [0.05, 0.1) is 4.53 Å². The second kappa shape index (κ2) is 3.50. The molecule has 0 bridgehead atoms. The van der Waals surface area contributed by atoms with Gasteiger partial charge in [-0.15, -0.1) is 11.3 Å². The van der Waals surface area contributed by atoms with Crippen LogP contribution < -0.4 is 10.1 Å². The van der Waals surface area contributed by atoms with E-state index in [-0.39, 0.29) is 5.56 Å². The van der Waals surface area contributed by atoms with E-state index in [4.69, 9.17) is 0 Å². The topological polar surface area (TPSA) is 47.3 Å². The third-order valence-corrected chi connectivity index (χ3v) is 4.08. The van der Waals surface area contributed by atoms with Crippen molar-refractivity contribution in [2.75, 3.05) is 0 Å². The summed E-state index contributed by atoms with van der Waals surface area (Å²) >= 11 is 3.03. The van der Waals surface area contributed by atoms with Crippen molar-refractivity contribution in [1.82, 2.24) is 14.6 Å². The molecule has 0 aliphatic carbocycles. The lowest BCUT2D eigenvalue weighted by Crippen LogP contribution is -2.23. The van der Waals surface area contributed by atoms with Crippen molar-refractivity contribution in [3.8, 4) is 0 Å². The summed E-state index contributed by atoms with van der Waals surface area (Å²) in [6.07, 6.45) is 3.29. The number of hydrogen-bond acceptors (Lipinski definition) is 5. The largest absolute Gasteiger partial charge is 0.291 e. The smallest absolute Gasteiger partial charge is 0.266 e. The van der Waals surface area contributed by atoms with Crippen LogP contribution >= 0.6 is 22.7 Å². The number of fused-ring (bicyclic) bond motifs is 1. The standard InChI is InChI=1S/C10H7N3OS2/c1-6-2-3-7(15-6)4-8-9(14)13-10(16-8)11-5-12-13/h2-5H,1H3/b8-4-. The van der Waals surface area contributed by atoms with Crippen LogP contribution in [0.5, 0.6) is 0 Å². The molecule has 0 unspecified atom stereocenters. The minimum atomic E-state index is -0.0939. The van der Waals surface area contributed by atoms with Crippen molar-refractivity contribution in [3.63, 3.8) is 0 Å². The molecule has 0 amide bonds. The minimum Gasteiger partial charge on any atom is -0.266 e. The summed E-state index contributed by atoms with van der Waals surface area (Å²) in [6, 6.07) is 4.05. The Morgan fingerprint density at radius 1 is 1.38 bits per heavy atom. The first-order valence-electron chi connectivity index (χ1n) is 4.65. The lowest BCUT2D eigenvalue weighted by atomic mass is 10.4. The molecule has 6 heteroatoms. The van der Waals surface area contributed by atoms with Crippen LogP contribution in [0.4, 0.5) is 0 Å². The molecule has 0 saturated heterocycles. The molecule has 0 fully saturated rings. The van der Waals surface area contributed by atoms with Crippen molar-refractivity contribution >= 4 is 33.7 Å². The third kappa shape index (κ3) is 1.46. The third-order valence-electron chi connectivity index (χ3n) is 2.16.